The number of hydrogen-bond donors (Lipinski definition) is 1. The molecule has 0 spiro atoms. The Morgan fingerprint density at radius 3 is 2.68 bits per heavy atom. The lowest BCUT2D eigenvalue weighted by atomic mass is 10.2. The third-order valence-electron chi connectivity index (χ3n) is 4.23. The molecule has 0 aliphatic rings. The number of benzene rings is 3. The lowest BCUT2D eigenvalue weighted by Crippen LogP contribution is -2.20. The Hall–Kier alpha value is -2.89. The van der Waals surface area contributed by atoms with Crippen LogP contribution in [0.4, 0.5) is 5.69 Å². The maximum atomic E-state index is 12.2. The summed E-state index contributed by atoms with van der Waals surface area (Å²) in [5.41, 5.74) is 3.40. The van der Waals surface area contributed by atoms with Crippen molar-refractivity contribution >= 4 is 44.7 Å². The topological polar surface area (TPSA) is 51.2 Å². The molecule has 4 nitrogen and oxygen atoms in total. The first-order valence-corrected chi connectivity index (χ1v) is 9.93. The molecule has 0 aliphatic carbocycles. The van der Waals surface area contributed by atoms with Crippen molar-refractivity contribution in [3.63, 3.8) is 0 Å². The molecule has 0 aliphatic heterocycles. The zero-order chi connectivity index (χ0) is 19.5. The normalized spacial score (nSPS) is 10.8. The van der Waals surface area contributed by atoms with Crippen LogP contribution in [0.15, 0.2) is 66.7 Å². The Morgan fingerprint density at radius 1 is 1.11 bits per heavy atom. The highest BCUT2D eigenvalue weighted by molar-refractivity contribution is 7.21. The van der Waals surface area contributed by atoms with Gasteiger partial charge in [-0.2, -0.15) is 0 Å². The molecular weight excluding hydrogens is 392 g/mol. The van der Waals surface area contributed by atoms with Gasteiger partial charge in [-0.15, -0.1) is 11.3 Å². The van der Waals surface area contributed by atoms with Crippen molar-refractivity contribution in [3.8, 4) is 16.3 Å². The molecule has 4 rings (SSSR count). The van der Waals surface area contributed by atoms with Crippen LogP contribution >= 0.6 is 22.9 Å². The summed E-state index contributed by atoms with van der Waals surface area (Å²) in [6.07, 6.45) is 0. The van der Waals surface area contributed by atoms with Gasteiger partial charge in [0.2, 0.25) is 0 Å². The fourth-order valence-electron chi connectivity index (χ4n) is 2.81. The number of anilines is 1. The van der Waals surface area contributed by atoms with Gasteiger partial charge in [-0.1, -0.05) is 41.9 Å². The van der Waals surface area contributed by atoms with Crippen LogP contribution in [0, 0.1) is 6.92 Å². The van der Waals surface area contributed by atoms with Gasteiger partial charge in [0, 0.05) is 11.3 Å². The Morgan fingerprint density at radius 2 is 1.89 bits per heavy atom. The van der Waals surface area contributed by atoms with Crippen LogP contribution in [0.25, 0.3) is 20.8 Å². The van der Waals surface area contributed by atoms with Crippen LogP contribution < -0.4 is 10.1 Å². The summed E-state index contributed by atoms with van der Waals surface area (Å²) in [5, 5.41) is 4.20. The van der Waals surface area contributed by atoms with E-state index in [2.05, 4.69) is 10.3 Å². The number of para-hydroxylation sites is 2. The Balaban J connectivity index is 1.45. The first-order valence-electron chi connectivity index (χ1n) is 8.74. The number of halogens is 1. The average Bonchev–Trinajstić information content (AvgIpc) is 3.11. The maximum absolute atomic E-state index is 12.2. The summed E-state index contributed by atoms with van der Waals surface area (Å²) in [5.74, 6) is 0.453. The minimum Gasteiger partial charge on any atom is -0.483 e. The smallest absolute Gasteiger partial charge is 0.262 e. The average molecular weight is 409 g/mol. The first-order chi connectivity index (χ1) is 13.6. The second-order valence-corrected chi connectivity index (χ2v) is 7.72. The molecule has 0 saturated carbocycles. The van der Waals surface area contributed by atoms with Crippen molar-refractivity contribution < 1.29 is 9.53 Å². The molecule has 0 bridgehead atoms. The van der Waals surface area contributed by atoms with Crippen molar-refractivity contribution in [3.05, 3.63) is 77.3 Å². The van der Waals surface area contributed by atoms with Gasteiger partial charge >= 0.3 is 0 Å². The van der Waals surface area contributed by atoms with Crippen LogP contribution in [0.2, 0.25) is 5.02 Å². The number of hydrogen-bond acceptors (Lipinski definition) is 4. The number of carbonyl (C=O) groups excluding carboxylic acids is 1. The highest BCUT2D eigenvalue weighted by Crippen LogP contribution is 2.35. The van der Waals surface area contributed by atoms with E-state index < -0.39 is 0 Å². The minimum absolute atomic E-state index is 0.0674. The number of rotatable bonds is 5. The first kappa shape index (κ1) is 18.5. The molecule has 6 heteroatoms. The van der Waals surface area contributed by atoms with Crippen LogP contribution in [0.1, 0.15) is 5.56 Å². The van der Waals surface area contributed by atoms with Crippen LogP contribution in [0.3, 0.4) is 0 Å². The number of thiazole rings is 1. The SMILES string of the molecule is Cc1ccccc1OCC(=O)Nc1ccc(-c2nc3ccccc3s2)c(Cl)c1. The molecule has 1 N–H and O–H groups in total. The third-order valence-corrected chi connectivity index (χ3v) is 5.61. The van der Waals surface area contributed by atoms with Crippen molar-refractivity contribution in [1.29, 1.82) is 0 Å². The maximum Gasteiger partial charge on any atom is 0.262 e. The lowest BCUT2D eigenvalue weighted by Gasteiger charge is -2.10. The standard InChI is InChI=1S/C22H17ClN2O2S/c1-14-6-2-4-8-19(14)27-13-21(26)24-15-10-11-16(17(23)12-15)22-25-18-7-3-5-9-20(18)28-22/h2-12H,13H2,1H3,(H,24,26). The molecule has 4 aromatic rings. The molecule has 140 valence electrons. The van der Waals surface area contributed by atoms with Crippen LogP contribution in [-0.2, 0) is 4.79 Å². The third kappa shape index (κ3) is 4.01. The molecule has 0 atom stereocenters. The van der Waals surface area contributed by atoms with Gasteiger partial charge in [0.25, 0.3) is 5.91 Å². The van der Waals surface area contributed by atoms with Gasteiger partial charge in [0.1, 0.15) is 10.8 Å². The van der Waals surface area contributed by atoms with Gasteiger partial charge in [-0.05, 0) is 48.9 Å². The van der Waals surface area contributed by atoms with Crippen LogP contribution in [0.5, 0.6) is 5.75 Å². The monoisotopic (exact) mass is 408 g/mol. The number of amides is 1. The Kier molecular flexibility index (Phi) is 5.28. The summed E-state index contributed by atoms with van der Waals surface area (Å²) in [4.78, 5) is 16.8. The van der Waals surface area contributed by atoms with Gasteiger partial charge in [-0.25, -0.2) is 4.98 Å². The number of fused-ring (bicyclic) bond motifs is 1. The Bertz CT molecular complexity index is 1120. The number of aromatic nitrogens is 1. The Labute approximate surface area is 171 Å². The van der Waals surface area contributed by atoms with Crippen LogP contribution in [-0.4, -0.2) is 17.5 Å². The van der Waals surface area contributed by atoms with E-state index in [0.29, 0.717) is 16.5 Å². The number of nitrogens with zero attached hydrogens (tertiary/aromatic N) is 1. The number of carbonyl (C=O) groups is 1. The number of ether oxygens (including phenoxy) is 1. The van der Waals surface area contributed by atoms with Crippen molar-refractivity contribution in [1.82, 2.24) is 4.98 Å². The molecule has 0 radical (unpaired) electrons. The lowest BCUT2D eigenvalue weighted by molar-refractivity contribution is -0.118. The van der Waals surface area contributed by atoms with E-state index in [1.54, 1.807) is 17.4 Å². The molecular formula is C22H17ClN2O2S. The van der Waals surface area contributed by atoms with E-state index in [1.807, 2.05) is 67.6 Å². The van der Waals surface area contributed by atoms with E-state index in [0.717, 1.165) is 26.4 Å². The molecule has 28 heavy (non-hydrogen) atoms. The predicted molar refractivity (Wildman–Crippen MR) is 115 cm³/mol. The fraction of sp³-hybridized carbons (Fsp3) is 0.0909. The highest BCUT2D eigenvalue weighted by Gasteiger charge is 2.12. The van der Waals surface area contributed by atoms with E-state index in [4.69, 9.17) is 16.3 Å². The zero-order valence-corrected chi connectivity index (χ0v) is 16.7. The fourth-order valence-corrected chi connectivity index (χ4v) is 4.14. The zero-order valence-electron chi connectivity index (χ0n) is 15.1. The van der Waals surface area contributed by atoms with E-state index in [1.165, 1.54) is 0 Å². The van der Waals surface area contributed by atoms with Gasteiger partial charge in [0.05, 0.1) is 15.2 Å². The number of aryl methyl sites for hydroxylation is 1. The minimum atomic E-state index is -0.243. The van der Waals surface area contributed by atoms with Gasteiger partial charge in [0.15, 0.2) is 6.61 Å². The van der Waals surface area contributed by atoms with Crippen molar-refractivity contribution in [2.24, 2.45) is 0 Å². The molecule has 0 unspecified atom stereocenters. The number of nitrogens with one attached hydrogen (secondary N) is 1. The summed E-state index contributed by atoms with van der Waals surface area (Å²) in [6, 6.07) is 21.0. The largest absolute Gasteiger partial charge is 0.483 e. The second kappa shape index (κ2) is 8.00. The predicted octanol–water partition coefficient (Wildman–Crippen LogP) is 5.94. The summed E-state index contributed by atoms with van der Waals surface area (Å²) >= 11 is 8.04. The summed E-state index contributed by atoms with van der Waals surface area (Å²) in [7, 11) is 0. The molecule has 3 aromatic carbocycles. The quantitative estimate of drug-likeness (QED) is 0.444. The highest BCUT2D eigenvalue weighted by atomic mass is 35.5. The van der Waals surface area contributed by atoms with Crippen molar-refractivity contribution in [2.45, 2.75) is 6.92 Å². The summed E-state index contributed by atoms with van der Waals surface area (Å²) in [6.45, 7) is 1.87. The molecule has 1 heterocycles. The molecule has 1 amide bonds. The van der Waals surface area contributed by atoms with E-state index in [9.17, 15) is 4.79 Å². The van der Waals surface area contributed by atoms with Crippen molar-refractivity contribution in [2.75, 3.05) is 11.9 Å². The van der Waals surface area contributed by atoms with E-state index in [-0.39, 0.29) is 12.5 Å². The second-order valence-electron chi connectivity index (χ2n) is 6.28. The van der Waals surface area contributed by atoms with E-state index >= 15 is 0 Å². The van der Waals surface area contributed by atoms with Gasteiger partial charge in [-0.3, -0.25) is 4.79 Å². The molecule has 0 saturated heterocycles. The van der Waals surface area contributed by atoms with Gasteiger partial charge < -0.3 is 10.1 Å². The molecule has 1 aromatic heterocycles. The molecule has 0 fully saturated rings. The summed E-state index contributed by atoms with van der Waals surface area (Å²) < 4.78 is 6.68.